The molecule has 0 amide bonds. The van der Waals surface area contributed by atoms with E-state index in [1.807, 2.05) is 0 Å². The van der Waals surface area contributed by atoms with Crippen molar-refractivity contribution >= 4 is 5.97 Å². The minimum atomic E-state index is -1.21. The molecule has 5 heteroatoms. The quantitative estimate of drug-likeness (QED) is 0.635. The molecule has 0 fully saturated rings. The van der Waals surface area contributed by atoms with E-state index in [4.69, 9.17) is 9.47 Å². The zero-order chi connectivity index (χ0) is 13.7. The van der Waals surface area contributed by atoms with Crippen molar-refractivity contribution in [1.29, 1.82) is 0 Å². The number of methoxy groups -OCH3 is 3. The monoisotopic (exact) mass is 252 g/mol. The third-order valence-electron chi connectivity index (χ3n) is 2.51. The van der Waals surface area contributed by atoms with E-state index in [-0.39, 0.29) is 5.57 Å². The molecule has 0 aliphatic carbocycles. The Morgan fingerprint density at radius 1 is 1.28 bits per heavy atom. The average Bonchev–Trinajstić information content (AvgIpc) is 2.43. The number of ether oxygens (including phenoxy) is 3. The molecule has 1 aromatic carbocycles. The highest BCUT2D eigenvalue weighted by Gasteiger charge is 2.22. The van der Waals surface area contributed by atoms with Crippen LogP contribution in [0.5, 0.6) is 11.5 Å². The summed E-state index contributed by atoms with van der Waals surface area (Å²) in [7, 11) is 4.20. The lowest BCUT2D eigenvalue weighted by atomic mass is 10.0. The van der Waals surface area contributed by atoms with E-state index in [1.54, 1.807) is 18.2 Å². The van der Waals surface area contributed by atoms with Crippen LogP contribution in [0.15, 0.2) is 30.4 Å². The molecular formula is C13H16O5. The van der Waals surface area contributed by atoms with E-state index in [0.29, 0.717) is 17.1 Å². The highest BCUT2D eigenvalue weighted by atomic mass is 16.5. The van der Waals surface area contributed by atoms with Crippen molar-refractivity contribution in [2.24, 2.45) is 0 Å². The largest absolute Gasteiger partial charge is 0.497 e. The van der Waals surface area contributed by atoms with E-state index >= 15 is 0 Å². The van der Waals surface area contributed by atoms with Gasteiger partial charge >= 0.3 is 5.97 Å². The smallest absolute Gasteiger partial charge is 0.336 e. The third kappa shape index (κ3) is 2.81. The van der Waals surface area contributed by atoms with Crippen molar-refractivity contribution in [1.82, 2.24) is 0 Å². The van der Waals surface area contributed by atoms with Crippen LogP contribution in [-0.4, -0.2) is 32.4 Å². The molecule has 1 atom stereocenters. The topological polar surface area (TPSA) is 65.0 Å². The average molecular weight is 252 g/mol. The van der Waals surface area contributed by atoms with E-state index in [1.165, 1.54) is 21.3 Å². The Bertz CT molecular complexity index is 453. The molecule has 0 radical (unpaired) electrons. The second-order valence-corrected chi connectivity index (χ2v) is 3.53. The molecule has 0 heterocycles. The van der Waals surface area contributed by atoms with Crippen molar-refractivity contribution in [2.75, 3.05) is 21.3 Å². The molecule has 1 unspecified atom stereocenters. The van der Waals surface area contributed by atoms with Gasteiger partial charge in [-0.1, -0.05) is 6.58 Å². The van der Waals surface area contributed by atoms with Gasteiger partial charge in [0, 0.05) is 5.56 Å². The van der Waals surface area contributed by atoms with E-state index in [9.17, 15) is 9.90 Å². The van der Waals surface area contributed by atoms with Crippen LogP contribution in [0.4, 0.5) is 0 Å². The lowest BCUT2D eigenvalue weighted by Gasteiger charge is -2.16. The van der Waals surface area contributed by atoms with Gasteiger partial charge in [0.2, 0.25) is 0 Å². The van der Waals surface area contributed by atoms with Gasteiger partial charge in [-0.25, -0.2) is 4.79 Å². The summed E-state index contributed by atoms with van der Waals surface area (Å²) in [5.41, 5.74) is 0.330. The summed E-state index contributed by atoms with van der Waals surface area (Å²) in [5, 5.41) is 10.1. The maximum Gasteiger partial charge on any atom is 0.336 e. The number of carbonyl (C=O) groups excluding carboxylic acids is 1. The van der Waals surface area contributed by atoms with Crippen LogP contribution < -0.4 is 9.47 Å². The lowest BCUT2D eigenvalue weighted by molar-refractivity contribution is -0.137. The van der Waals surface area contributed by atoms with E-state index < -0.39 is 12.1 Å². The normalized spacial score (nSPS) is 11.6. The van der Waals surface area contributed by atoms with Gasteiger partial charge in [-0.2, -0.15) is 0 Å². The van der Waals surface area contributed by atoms with E-state index in [0.717, 1.165) is 0 Å². The molecule has 0 spiro atoms. The molecule has 18 heavy (non-hydrogen) atoms. The van der Waals surface area contributed by atoms with Crippen molar-refractivity contribution in [2.45, 2.75) is 6.10 Å². The summed E-state index contributed by atoms with van der Waals surface area (Å²) >= 11 is 0. The van der Waals surface area contributed by atoms with Gasteiger partial charge < -0.3 is 19.3 Å². The minimum Gasteiger partial charge on any atom is -0.497 e. The second kappa shape index (κ2) is 6.07. The summed E-state index contributed by atoms with van der Waals surface area (Å²) in [6.45, 7) is 3.51. The summed E-state index contributed by atoms with van der Waals surface area (Å²) in [6.07, 6.45) is -1.21. The Morgan fingerprint density at radius 2 is 1.94 bits per heavy atom. The van der Waals surface area contributed by atoms with Crippen LogP contribution in [0.2, 0.25) is 0 Å². The van der Waals surface area contributed by atoms with Crippen LogP contribution in [0.25, 0.3) is 0 Å². The van der Waals surface area contributed by atoms with Crippen LogP contribution in [0, 0.1) is 0 Å². The molecule has 0 bridgehead atoms. The lowest BCUT2D eigenvalue weighted by Crippen LogP contribution is -2.13. The standard InChI is InChI=1S/C13H16O5/c1-8(13(15)18-4)12(14)10-7-9(16-2)5-6-11(10)17-3/h5-7,12,14H,1H2,2-4H3. The fraction of sp³-hybridized carbons (Fsp3) is 0.308. The van der Waals surface area contributed by atoms with Crippen molar-refractivity contribution in [3.63, 3.8) is 0 Å². The first-order valence-corrected chi connectivity index (χ1v) is 5.22. The zero-order valence-corrected chi connectivity index (χ0v) is 10.6. The number of hydrogen-bond donors (Lipinski definition) is 1. The number of benzene rings is 1. The fourth-order valence-corrected chi connectivity index (χ4v) is 1.48. The van der Waals surface area contributed by atoms with Crippen molar-refractivity contribution in [3.8, 4) is 11.5 Å². The van der Waals surface area contributed by atoms with Crippen molar-refractivity contribution < 1.29 is 24.1 Å². The van der Waals surface area contributed by atoms with Gasteiger partial charge in [0.05, 0.1) is 26.9 Å². The Morgan fingerprint density at radius 3 is 2.44 bits per heavy atom. The third-order valence-corrected chi connectivity index (χ3v) is 2.51. The molecule has 0 aromatic heterocycles. The highest BCUT2D eigenvalue weighted by Crippen LogP contribution is 2.32. The van der Waals surface area contributed by atoms with Gasteiger partial charge in [0.25, 0.3) is 0 Å². The fourth-order valence-electron chi connectivity index (χ4n) is 1.48. The molecule has 1 N–H and O–H groups in total. The molecule has 1 aromatic rings. The number of rotatable bonds is 5. The van der Waals surface area contributed by atoms with E-state index in [2.05, 4.69) is 11.3 Å². The van der Waals surface area contributed by atoms with Crippen LogP contribution in [0.3, 0.4) is 0 Å². The number of aliphatic hydroxyl groups excluding tert-OH is 1. The zero-order valence-electron chi connectivity index (χ0n) is 10.6. The Kier molecular flexibility index (Phi) is 4.74. The summed E-state index contributed by atoms with van der Waals surface area (Å²) in [6, 6.07) is 4.91. The first-order chi connectivity index (χ1) is 8.54. The molecule has 0 aliphatic rings. The summed E-state index contributed by atoms with van der Waals surface area (Å²) in [5.74, 6) is 0.309. The SMILES string of the molecule is C=C(C(=O)OC)C(O)c1cc(OC)ccc1OC. The first-order valence-electron chi connectivity index (χ1n) is 5.22. The van der Waals surface area contributed by atoms with Crippen LogP contribution >= 0.6 is 0 Å². The van der Waals surface area contributed by atoms with Gasteiger partial charge in [0.15, 0.2) is 0 Å². The number of aliphatic hydroxyl groups is 1. The van der Waals surface area contributed by atoms with Gasteiger partial charge in [-0.3, -0.25) is 0 Å². The second-order valence-electron chi connectivity index (χ2n) is 3.53. The maximum absolute atomic E-state index is 11.3. The summed E-state index contributed by atoms with van der Waals surface area (Å²) < 4.78 is 14.7. The Balaban J connectivity index is 3.13. The maximum atomic E-state index is 11.3. The molecule has 1 rings (SSSR count). The highest BCUT2D eigenvalue weighted by molar-refractivity contribution is 5.89. The van der Waals surface area contributed by atoms with Gasteiger partial charge in [-0.05, 0) is 18.2 Å². The van der Waals surface area contributed by atoms with Crippen LogP contribution in [0.1, 0.15) is 11.7 Å². The predicted octanol–water partition coefficient (Wildman–Crippen LogP) is 1.47. The number of esters is 1. The molecular weight excluding hydrogens is 236 g/mol. The first kappa shape index (κ1) is 14.1. The van der Waals surface area contributed by atoms with Crippen LogP contribution in [-0.2, 0) is 9.53 Å². The number of carbonyl (C=O) groups is 1. The Hall–Kier alpha value is -2.01. The van der Waals surface area contributed by atoms with Gasteiger partial charge in [0.1, 0.15) is 17.6 Å². The van der Waals surface area contributed by atoms with Crippen molar-refractivity contribution in [3.05, 3.63) is 35.9 Å². The Labute approximate surface area is 106 Å². The summed E-state index contributed by atoms with van der Waals surface area (Å²) in [4.78, 5) is 11.3. The van der Waals surface area contributed by atoms with Gasteiger partial charge in [-0.15, -0.1) is 0 Å². The number of hydrogen-bond acceptors (Lipinski definition) is 5. The molecule has 0 saturated heterocycles. The molecule has 0 aliphatic heterocycles. The predicted molar refractivity (Wildman–Crippen MR) is 65.7 cm³/mol. The molecule has 98 valence electrons. The molecule has 0 saturated carbocycles. The molecule has 5 nitrogen and oxygen atoms in total. The minimum absolute atomic E-state index is 0.0657.